The number of hydrogen-bond acceptors (Lipinski definition) is 7. The molecular formula is C30H31NO6. The lowest BCUT2D eigenvalue weighted by atomic mass is 9.55. The van der Waals surface area contributed by atoms with E-state index < -0.39 is 52.6 Å². The average molecular weight is 502 g/mol. The van der Waals surface area contributed by atoms with Crippen LogP contribution in [0.2, 0.25) is 0 Å². The predicted octanol–water partition coefficient (Wildman–Crippen LogP) is 3.67. The quantitative estimate of drug-likeness (QED) is 0.639. The summed E-state index contributed by atoms with van der Waals surface area (Å²) in [6.45, 7) is 5.17. The SMILES string of the molecule is CC(=O)C1C(=O)CC2CC3Cc4c(N(C)C)cc(-c5ccc(C)c(C)c5)c(O)c4C(=O)C3C(=O)C2C1=O. The highest BCUT2D eigenvalue weighted by molar-refractivity contribution is 6.28. The van der Waals surface area contributed by atoms with Crippen LogP contribution >= 0.6 is 0 Å². The summed E-state index contributed by atoms with van der Waals surface area (Å²) in [5.74, 6) is -7.30. The van der Waals surface area contributed by atoms with Crippen LogP contribution in [0, 0.1) is 43.4 Å². The molecule has 3 aliphatic carbocycles. The van der Waals surface area contributed by atoms with Crippen LogP contribution in [0.1, 0.15) is 46.8 Å². The number of fused-ring (bicyclic) bond motifs is 3. The molecule has 7 heteroatoms. The van der Waals surface area contributed by atoms with E-state index in [9.17, 15) is 29.1 Å². The minimum absolute atomic E-state index is 0.00579. The van der Waals surface area contributed by atoms with Crippen LogP contribution in [0.5, 0.6) is 5.75 Å². The van der Waals surface area contributed by atoms with Crippen LogP contribution in [0.15, 0.2) is 24.3 Å². The monoisotopic (exact) mass is 501 g/mol. The fourth-order valence-electron chi connectivity index (χ4n) is 6.69. The van der Waals surface area contributed by atoms with Gasteiger partial charge in [-0.15, -0.1) is 0 Å². The minimum Gasteiger partial charge on any atom is -0.507 e. The second kappa shape index (κ2) is 8.75. The van der Waals surface area contributed by atoms with E-state index in [-0.39, 0.29) is 23.7 Å². The molecule has 0 bridgehead atoms. The number of anilines is 1. The molecule has 0 amide bonds. The molecule has 192 valence electrons. The number of Topliss-reactive ketones (excluding diaryl/α,β-unsaturated/α-hetero) is 5. The molecule has 7 nitrogen and oxygen atoms in total. The summed E-state index contributed by atoms with van der Waals surface area (Å²) in [5.41, 5.74) is 5.03. The highest BCUT2D eigenvalue weighted by Crippen LogP contribution is 2.51. The number of aryl methyl sites for hydroxylation is 2. The molecule has 0 radical (unpaired) electrons. The van der Waals surface area contributed by atoms with E-state index in [1.807, 2.05) is 57.1 Å². The first-order chi connectivity index (χ1) is 17.4. The maximum atomic E-state index is 14.0. The van der Waals surface area contributed by atoms with Crippen LogP contribution < -0.4 is 4.90 Å². The molecule has 0 saturated heterocycles. The van der Waals surface area contributed by atoms with Gasteiger partial charge in [0.1, 0.15) is 17.5 Å². The largest absolute Gasteiger partial charge is 0.507 e. The normalized spacial score (nSPS) is 26.9. The Morgan fingerprint density at radius 2 is 1.59 bits per heavy atom. The number of nitrogens with zero attached hydrogens (tertiary/aromatic N) is 1. The van der Waals surface area contributed by atoms with Crippen molar-refractivity contribution in [1.29, 1.82) is 0 Å². The molecule has 2 fully saturated rings. The van der Waals surface area contributed by atoms with Crippen LogP contribution in [0.4, 0.5) is 5.69 Å². The Labute approximate surface area is 215 Å². The van der Waals surface area contributed by atoms with Gasteiger partial charge in [-0.3, -0.25) is 24.0 Å². The molecule has 37 heavy (non-hydrogen) atoms. The molecule has 0 spiro atoms. The maximum absolute atomic E-state index is 14.0. The van der Waals surface area contributed by atoms with Gasteiger partial charge in [-0.05, 0) is 73.8 Å². The molecule has 1 N–H and O–H groups in total. The van der Waals surface area contributed by atoms with Crippen molar-refractivity contribution >= 4 is 34.6 Å². The topological polar surface area (TPSA) is 109 Å². The van der Waals surface area contributed by atoms with E-state index >= 15 is 0 Å². The summed E-state index contributed by atoms with van der Waals surface area (Å²) in [6.07, 6.45) is 0.753. The van der Waals surface area contributed by atoms with Crippen LogP contribution in [0.3, 0.4) is 0 Å². The number of aromatic hydroxyl groups is 1. The number of carbonyl (C=O) groups is 5. The van der Waals surface area contributed by atoms with Crippen molar-refractivity contribution in [1.82, 2.24) is 0 Å². The number of benzene rings is 2. The molecule has 2 aromatic carbocycles. The summed E-state index contributed by atoms with van der Waals surface area (Å²) < 4.78 is 0. The Morgan fingerprint density at radius 1 is 0.919 bits per heavy atom. The minimum atomic E-state index is -1.42. The molecular weight excluding hydrogens is 470 g/mol. The van der Waals surface area contributed by atoms with Gasteiger partial charge in [0.25, 0.3) is 0 Å². The van der Waals surface area contributed by atoms with Crippen molar-refractivity contribution in [2.45, 2.75) is 40.0 Å². The third-order valence-corrected chi connectivity index (χ3v) is 8.62. The molecule has 2 saturated carbocycles. The third kappa shape index (κ3) is 3.74. The van der Waals surface area contributed by atoms with Gasteiger partial charge >= 0.3 is 0 Å². The Hall–Kier alpha value is -3.61. The standard InChI is InChI=1S/C30H31NO6/c1-13-6-7-16(8-14(13)2)19-12-21(31(4)5)20-10-17-9-18-11-22(33)23(15(3)32)28(35)25(18)29(36)24(17)30(37)26(20)27(19)34/h6-8,12,17-18,23-25,34H,9-11H2,1-5H3. The van der Waals surface area contributed by atoms with Crippen LogP contribution in [-0.4, -0.2) is 48.1 Å². The molecule has 2 aromatic rings. The van der Waals surface area contributed by atoms with Gasteiger partial charge in [0.2, 0.25) is 0 Å². The smallest absolute Gasteiger partial charge is 0.177 e. The second-order valence-electron chi connectivity index (χ2n) is 11.1. The van der Waals surface area contributed by atoms with Gasteiger partial charge in [-0.1, -0.05) is 18.2 Å². The van der Waals surface area contributed by atoms with E-state index in [1.54, 1.807) is 0 Å². The molecule has 5 atom stereocenters. The fourth-order valence-corrected chi connectivity index (χ4v) is 6.69. The second-order valence-corrected chi connectivity index (χ2v) is 11.1. The van der Waals surface area contributed by atoms with Crippen LogP contribution in [0.25, 0.3) is 11.1 Å². The lowest BCUT2D eigenvalue weighted by molar-refractivity contribution is -0.152. The number of hydrogen-bond donors (Lipinski definition) is 1. The lowest BCUT2D eigenvalue weighted by Gasteiger charge is -2.44. The van der Waals surface area contributed by atoms with E-state index in [0.29, 0.717) is 24.0 Å². The van der Waals surface area contributed by atoms with E-state index in [4.69, 9.17) is 0 Å². The van der Waals surface area contributed by atoms with Crippen molar-refractivity contribution in [2.75, 3.05) is 19.0 Å². The molecule has 5 rings (SSSR count). The zero-order chi connectivity index (χ0) is 26.9. The number of phenols is 1. The Balaban J connectivity index is 1.63. The first kappa shape index (κ1) is 25.1. The number of phenolic OH excluding ortho intramolecular Hbond substituents is 1. The molecule has 0 heterocycles. The van der Waals surface area contributed by atoms with Gasteiger partial charge in [-0.2, -0.15) is 0 Å². The zero-order valence-corrected chi connectivity index (χ0v) is 21.8. The Bertz CT molecular complexity index is 1400. The van der Waals surface area contributed by atoms with Gasteiger partial charge in [0, 0.05) is 31.8 Å². The van der Waals surface area contributed by atoms with E-state index in [2.05, 4.69) is 0 Å². The summed E-state index contributed by atoms with van der Waals surface area (Å²) >= 11 is 0. The van der Waals surface area contributed by atoms with Crippen molar-refractivity contribution in [3.63, 3.8) is 0 Å². The summed E-state index contributed by atoms with van der Waals surface area (Å²) in [4.78, 5) is 67.3. The number of ketones is 5. The van der Waals surface area contributed by atoms with E-state index in [0.717, 1.165) is 22.4 Å². The van der Waals surface area contributed by atoms with Gasteiger partial charge in [0.05, 0.1) is 17.4 Å². The Morgan fingerprint density at radius 3 is 2.22 bits per heavy atom. The third-order valence-electron chi connectivity index (χ3n) is 8.62. The molecule has 5 unspecified atom stereocenters. The zero-order valence-electron chi connectivity index (χ0n) is 21.8. The summed E-state index contributed by atoms with van der Waals surface area (Å²) in [5, 5.41) is 11.4. The lowest BCUT2D eigenvalue weighted by Crippen LogP contribution is -2.55. The van der Waals surface area contributed by atoms with Gasteiger partial charge in [-0.25, -0.2) is 0 Å². The van der Waals surface area contributed by atoms with E-state index in [1.165, 1.54) is 6.92 Å². The number of rotatable bonds is 3. The molecule has 0 aliphatic heterocycles. The molecule has 3 aliphatic rings. The fraction of sp³-hybridized carbons (Fsp3) is 0.433. The van der Waals surface area contributed by atoms with Crippen LogP contribution in [-0.2, 0) is 25.6 Å². The number of carbonyl (C=O) groups excluding carboxylic acids is 5. The maximum Gasteiger partial charge on any atom is 0.177 e. The van der Waals surface area contributed by atoms with Gasteiger partial charge in [0.15, 0.2) is 23.1 Å². The Kier molecular flexibility index (Phi) is 5.93. The summed E-state index contributed by atoms with van der Waals surface area (Å²) in [7, 11) is 3.74. The predicted molar refractivity (Wildman–Crippen MR) is 138 cm³/mol. The van der Waals surface area contributed by atoms with Crippen molar-refractivity contribution in [2.24, 2.45) is 29.6 Å². The molecule has 0 aromatic heterocycles. The first-order valence-corrected chi connectivity index (χ1v) is 12.7. The van der Waals surface area contributed by atoms with Crippen molar-refractivity contribution in [3.05, 3.63) is 46.5 Å². The highest BCUT2D eigenvalue weighted by atomic mass is 16.3. The summed E-state index contributed by atoms with van der Waals surface area (Å²) in [6, 6.07) is 7.70. The van der Waals surface area contributed by atoms with Crippen molar-refractivity contribution < 1.29 is 29.1 Å². The van der Waals surface area contributed by atoms with Crippen molar-refractivity contribution in [3.8, 4) is 16.9 Å². The highest BCUT2D eigenvalue weighted by Gasteiger charge is 2.57. The van der Waals surface area contributed by atoms with Gasteiger partial charge < -0.3 is 10.0 Å². The average Bonchev–Trinajstić information content (AvgIpc) is 2.80. The first-order valence-electron chi connectivity index (χ1n) is 12.7.